The molecule has 18 heavy (non-hydrogen) atoms. The summed E-state index contributed by atoms with van der Waals surface area (Å²) < 4.78 is 5.15. The molecule has 1 heterocycles. The fourth-order valence-electron chi connectivity index (χ4n) is 1.88. The van der Waals surface area contributed by atoms with Gasteiger partial charge in [0, 0.05) is 11.9 Å². The van der Waals surface area contributed by atoms with Crippen LogP contribution in [0.1, 0.15) is 23.7 Å². The molecule has 1 aromatic carbocycles. The van der Waals surface area contributed by atoms with E-state index in [0.717, 1.165) is 22.6 Å². The second-order valence-electron chi connectivity index (χ2n) is 4.62. The van der Waals surface area contributed by atoms with Crippen molar-refractivity contribution < 1.29 is 4.74 Å². The average Bonchev–Trinajstić information content (AvgIpc) is 2.39. The van der Waals surface area contributed by atoms with Gasteiger partial charge in [-0.1, -0.05) is 18.2 Å². The predicted octanol–water partition coefficient (Wildman–Crippen LogP) is 2.62. The molecule has 3 heteroatoms. The summed E-state index contributed by atoms with van der Waals surface area (Å²) in [5.41, 5.74) is 8.90. The van der Waals surface area contributed by atoms with E-state index < -0.39 is 5.54 Å². The zero-order valence-electron chi connectivity index (χ0n) is 11.0. The van der Waals surface area contributed by atoms with E-state index in [1.165, 1.54) is 0 Å². The molecule has 2 N–H and O–H groups in total. The molecular weight excluding hydrogens is 224 g/mol. The van der Waals surface area contributed by atoms with Crippen LogP contribution in [0.4, 0.5) is 0 Å². The molecule has 0 aliphatic heterocycles. The Morgan fingerprint density at radius 1 is 1.06 bits per heavy atom. The van der Waals surface area contributed by atoms with Crippen molar-refractivity contribution in [3.8, 4) is 5.75 Å². The van der Waals surface area contributed by atoms with E-state index in [1.54, 1.807) is 7.11 Å². The highest BCUT2D eigenvalue weighted by Gasteiger charge is 2.23. The highest BCUT2D eigenvalue weighted by atomic mass is 16.5. The minimum atomic E-state index is -0.549. The minimum absolute atomic E-state index is 0.549. The van der Waals surface area contributed by atoms with Gasteiger partial charge in [0.25, 0.3) is 0 Å². The van der Waals surface area contributed by atoms with E-state index >= 15 is 0 Å². The van der Waals surface area contributed by atoms with Crippen LogP contribution in [0.15, 0.2) is 42.6 Å². The molecule has 0 bridgehead atoms. The Morgan fingerprint density at radius 3 is 2.17 bits per heavy atom. The molecule has 0 saturated heterocycles. The second kappa shape index (κ2) is 4.78. The largest absolute Gasteiger partial charge is 0.497 e. The Kier molecular flexibility index (Phi) is 3.34. The summed E-state index contributed by atoms with van der Waals surface area (Å²) in [6.45, 7) is 3.95. The molecule has 1 aromatic heterocycles. The number of nitrogens with two attached hydrogens (primary N) is 1. The molecular formula is C15H18N2O. The molecule has 0 aliphatic carbocycles. The van der Waals surface area contributed by atoms with Crippen molar-refractivity contribution >= 4 is 0 Å². The zero-order chi connectivity index (χ0) is 13.2. The quantitative estimate of drug-likeness (QED) is 0.900. The Labute approximate surface area is 108 Å². The second-order valence-corrected chi connectivity index (χ2v) is 4.62. The number of methoxy groups -OCH3 is 1. The summed E-state index contributed by atoms with van der Waals surface area (Å²) in [6, 6.07) is 11.8. The molecule has 0 aliphatic rings. The number of rotatable bonds is 3. The lowest BCUT2D eigenvalue weighted by Crippen LogP contribution is -2.34. The predicted molar refractivity (Wildman–Crippen MR) is 72.6 cm³/mol. The van der Waals surface area contributed by atoms with Crippen LogP contribution in [0, 0.1) is 6.92 Å². The van der Waals surface area contributed by atoms with Gasteiger partial charge in [0.05, 0.1) is 12.6 Å². The third kappa shape index (κ3) is 2.36. The first-order valence-corrected chi connectivity index (χ1v) is 5.90. The van der Waals surface area contributed by atoms with E-state index in [9.17, 15) is 0 Å². The van der Waals surface area contributed by atoms with Crippen molar-refractivity contribution in [2.75, 3.05) is 7.11 Å². The topological polar surface area (TPSA) is 48.1 Å². The fourth-order valence-corrected chi connectivity index (χ4v) is 1.88. The van der Waals surface area contributed by atoms with Gasteiger partial charge in [-0.3, -0.25) is 4.98 Å². The van der Waals surface area contributed by atoms with Crippen molar-refractivity contribution in [3.05, 3.63) is 59.4 Å². The zero-order valence-corrected chi connectivity index (χ0v) is 11.0. The summed E-state index contributed by atoms with van der Waals surface area (Å²) >= 11 is 0. The van der Waals surface area contributed by atoms with Gasteiger partial charge in [-0.05, 0) is 43.2 Å². The van der Waals surface area contributed by atoms with Gasteiger partial charge in [0.15, 0.2) is 0 Å². The van der Waals surface area contributed by atoms with Gasteiger partial charge in [0.2, 0.25) is 0 Å². The van der Waals surface area contributed by atoms with Crippen LogP contribution in [0.5, 0.6) is 5.75 Å². The highest BCUT2D eigenvalue weighted by Crippen LogP contribution is 2.27. The van der Waals surface area contributed by atoms with Crippen molar-refractivity contribution in [1.29, 1.82) is 0 Å². The van der Waals surface area contributed by atoms with Crippen molar-refractivity contribution in [3.63, 3.8) is 0 Å². The van der Waals surface area contributed by atoms with Crippen LogP contribution in [0.2, 0.25) is 0 Å². The van der Waals surface area contributed by atoms with Crippen LogP contribution >= 0.6 is 0 Å². The van der Waals surface area contributed by atoms with Crippen LogP contribution in [-0.2, 0) is 5.54 Å². The first-order valence-electron chi connectivity index (χ1n) is 5.90. The number of benzene rings is 1. The lowest BCUT2D eigenvalue weighted by molar-refractivity contribution is 0.414. The first-order chi connectivity index (χ1) is 8.54. The maximum atomic E-state index is 6.42. The molecule has 2 rings (SSSR count). The van der Waals surface area contributed by atoms with E-state index in [4.69, 9.17) is 10.5 Å². The number of pyridine rings is 1. The molecule has 3 nitrogen and oxygen atoms in total. The lowest BCUT2D eigenvalue weighted by atomic mass is 9.86. The summed E-state index contributed by atoms with van der Waals surface area (Å²) in [7, 11) is 1.65. The maximum Gasteiger partial charge on any atom is 0.118 e. The highest BCUT2D eigenvalue weighted by molar-refractivity contribution is 5.38. The molecule has 0 spiro atoms. The van der Waals surface area contributed by atoms with Gasteiger partial charge in [-0.2, -0.15) is 0 Å². The molecule has 0 saturated carbocycles. The summed E-state index contributed by atoms with van der Waals surface area (Å²) in [4.78, 5) is 4.30. The van der Waals surface area contributed by atoms with Gasteiger partial charge in [-0.15, -0.1) is 0 Å². The minimum Gasteiger partial charge on any atom is -0.497 e. The van der Waals surface area contributed by atoms with Crippen LogP contribution in [-0.4, -0.2) is 12.1 Å². The molecule has 2 aromatic rings. The Hall–Kier alpha value is -1.87. The third-order valence-corrected chi connectivity index (χ3v) is 3.20. The lowest BCUT2D eigenvalue weighted by Gasteiger charge is -2.25. The molecule has 94 valence electrons. The van der Waals surface area contributed by atoms with Crippen molar-refractivity contribution in [2.45, 2.75) is 19.4 Å². The van der Waals surface area contributed by atoms with Gasteiger partial charge >= 0.3 is 0 Å². The first kappa shape index (κ1) is 12.6. The SMILES string of the molecule is COc1ccc(C(C)(N)c2ccc(C)nc2)cc1. The summed E-state index contributed by atoms with van der Waals surface area (Å²) in [6.07, 6.45) is 1.83. The van der Waals surface area contributed by atoms with Gasteiger partial charge in [-0.25, -0.2) is 0 Å². The molecule has 0 amide bonds. The Balaban J connectivity index is 2.37. The molecule has 1 unspecified atom stereocenters. The number of nitrogens with zero attached hydrogens (tertiary/aromatic N) is 1. The van der Waals surface area contributed by atoms with E-state index in [1.807, 2.05) is 56.4 Å². The standard InChI is InChI=1S/C15H18N2O/c1-11-4-5-13(10-17-11)15(2,16)12-6-8-14(18-3)9-7-12/h4-10H,16H2,1-3H3. The number of aryl methyl sites for hydroxylation is 1. The smallest absolute Gasteiger partial charge is 0.118 e. The number of hydrogen-bond donors (Lipinski definition) is 1. The average molecular weight is 242 g/mol. The fraction of sp³-hybridized carbons (Fsp3) is 0.267. The van der Waals surface area contributed by atoms with E-state index in [0.29, 0.717) is 0 Å². The van der Waals surface area contributed by atoms with Crippen molar-refractivity contribution in [1.82, 2.24) is 4.98 Å². The van der Waals surface area contributed by atoms with Crippen LogP contribution in [0.3, 0.4) is 0 Å². The number of hydrogen-bond acceptors (Lipinski definition) is 3. The summed E-state index contributed by atoms with van der Waals surface area (Å²) in [5, 5.41) is 0. The van der Waals surface area contributed by atoms with Gasteiger partial charge in [0.1, 0.15) is 5.75 Å². The normalized spacial score (nSPS) is 14.0. The maximum absolute atomic E-state index is 6.42. The molecule has 1 atom stereocenters. The van der Waals surface area contributed by atoms with Crippen molar-refractivity contribution in [2.24, 2.45) is 5.73 Å². The van der Waals surface area contributed by atoms with E-state index in [-0.39, 0.29) is 0 Å². The Morgan fingerprint density at radius 2 is 1.67 bits per heavy atom. The Bertz CT molecular complexity index is 515. The third-order valence-electron chi connectivity index (χ3n) is 3.20. The monoisotopic (exact) mass is 242 g/mol. The molecule has 0 fully saturated rings. The molecule has 0 radical (unpaired) electrons. The van der Waals surface area contributed by atoms with Crippen LogP contribution < -0.4 is 10.5 Å². The number of aromatic nitrogens is 1. The van der Waals surface area contributed by atoms with E-state index in [2.05, 4.69) is 4.98 Å². The van der Waals surface area contributed by atoms with Crippen LogP contribution in [0.25, 0.3) is 0 Å². The number of ether oxygens (including phenoxy) is 1. The summed E-state index contributed by atoms with van der Waals surface area (Å²) in [5.74, 6) is 0.830. The van der Waals surface area contributed by atoms with Gasteiger partial charge < -0.3 is 10.5 Å².